The van der Waals surface area contributed by atoms with Crippen LogP contribution in [0.4, 0.5) is 0 Å². The summed E-state index contributed by atoms with van der Waals surface area (Å²) in [5.41, 5.74) is 0. The van der Waals surface area contributed by atoms with Crippen LogP contribution in [0.1, 0.15) is 39.0 Å². The Morgan fingerprint density at radius 2 is 2.29 bits per heavy atom. The maximum Gasteiger partial charge on any atom is 0.328 e. The van der Waals surface area contributed by atoms with Crippen LogP contribution in [0, 0.1) is 0 Å². The van der Waals surface area contributed by atoms with Crippen LogP contribution in [-0.4, -0.2) is 37.6 Å². The van der Waals surface area contributed by atoms with Crippen molar-refractivity contribution in [2.45, 2.75) is 51.1 Å². The van der Waals surface area contributed by atoms with E-state index < -0.39 is 6.04 Å². The molecule has 1 heterocycles. The van der Waals surface area contributed by atoms with Crippen LogP contribution in [0.3, 0.4) is 0 Å². The van der Waals surface area contributed by atoms with Gasteiger partial charge in [0.2, 0.25) is 5.91 Å². The summed E-state index contributed by atoms with van der Waals surface area (Å²) in [7, 11) is 1.33. The summed E-state index contributed by atoms with van der Waals surface area (Å²) in [5, 5.41) is 6.04. The van der Waals surface area contributed by atoms with Crippen LogP contribution < -0.4 is 10.6 Å². The third kappa shape index (κ3) is 4.73. The Hall–Kier alpha value is -1.10. The molecule has 0 aromatic rings. The van der Waals surface area contributed by atoms with Gasteiger partial charge in [-0.2, -0.15) is 0 Å². The highest BCUT2D eigenvalue weighted by molar-refractivity contribution is 5.84. The van der Waals surface area contributed by atoms with Crippen molar-refractivity contribution in [3.8, 4) is 0 Å². The van der Waals surface area contributed by atoms with Crippen molar-refractivity contribution in [3.05, 3.63) is 0 Å². The second-order valence-electron chi connectivity index (χ2n) is 4.38. The van der Waals surface area contributed by atoms with Crippen molar-refractivity contribution in [2.75, 3.05) is 13.7 Å². The van der Waals surface area contributed by atoms with E-state index in [-0.39, 0.29) is 11.9 Å². The van der Waals surface area contributed by atoms with Crippen molar-refractivity contribution >= 4 is 11.9 Å². The molecule has 98 valence electrons. The van der Waals surface area contributed by atoms with Crippen molar-refractivity contribution in [3.63, 3.8) is 0 Å². The van der Waals surface area contributed by atoms with Crippen molar-refractivity contribution < 1.29 is 14.3 Å². The van der Waals surface area contributed by atoms with E-state index in [2.05, 4.69) is 15.4 Å². The molecule has 0 aromatic heterocycles. The molecule has 1 saturated heterocycles. The fourth-order valence-electron chi connectivity index (χ4n) is 2.04. The average molecular weight is 242 g/mol. The van der Waals surface area contributed by atoms with Gasteiger partial charge in [0.05, 0.1) is 7.11 Å². The summed E-state index contributed by atoms with van der Waals surface area (Å²) in [6.07, 6.45) is 4.18. The minimum absolute atomic E-state index is 0.0732. The Bertz CT molecular complexity index is 262. The van der Waals surface area contributed by atoms with Crippen molar-refractivity contribution in [1.82, 2.24) is 10.6 Å². The van der Waals surface area contributed by atoms with E-state index in [9.17, 15) is 9.59 Å². The molecule has 1 aliphatic heterocycles. The highest BCUT2D eigenvalue weighted by Crippen LogP contribution is 2.10. The molecule has 0 aliphatic carbocycles. The molecule has 1 amide bonds. The quantitative estimate of drug-likeness (QED) is 0.669. The Labute approximate surface area is 102 Å². The lowest BCUT2D eigenvalue weighted by Gasteiger charge is -2.15. The third-order valence-corrected chi connectivity index (χ3v) is 3.11. The van der Waals surface area contributed by atoms with E-state index in [0.29, 0.717) is 18.9 Å². The van der Waals surface area contributed by atoms with Gasteiger partial charge in [0.25, 0.3) is 0 Å². The fraction of sp³-hybridized carbons (Fsp3) is 0.833. The molecule has 2 N–H and O–H groups in total. The number of nitrogens with one attached hydrogen (secondary N) is 2. The minimum Gasteiger partial charge on any atom is -0.467 e. The Kier molecular flexibility index (Phi) is 5.97. The molecule has 2 atom stereocenters. The van der Waals surface area contributed by atoms with Gasteiger partial charge in [0.15, 0.2) is 0 Å². The predicted molar refractivity (Wildman–Crippen MR) is 64.5 cm³/mol. The topological polar surface area (TPSA) is 67.4 Å². The van der Waals surface area contributed by atoms with Crippen molar-refractivity contribution in [1.29, 1.82) is 0 Å². The van der Waals surface area contributed by atoms with Crippen LogP contribution >= 0.6 is 0 Å². The number of rotatable bonds is 6. The van der Waals surface area contributed by atoms with Gasteiger partial charge in [0.1, 0.15) is 6.04 Å². The second-order valence-corrected chi connectivity index (χ2v) is 4.38. The molecular formula is C12H22N2O3. The summed E-state index contributed by atoms with van der Waals surface area (Å²) < 4.78 is 4.62. The molecule has 5 nitrogen and oxygen atoms in total. The maximum absolute atomic E-state index is 11.6. The lowest BCUT2D eigenvalue weighted by atomic mass is 10.1. The first-order chi connectivity index (χ1) is 8.17. The van der Waals surface area contributed by atoms with Gasteiger partial charge < -0.3 is 15.4 Å². The van der Waals surface area contributed by atoms with Gasteiger partial charge in [0, 0.05) is 12.5 Å². The summed E-state index contributed by atoms with van der Waals surface area (Å²) in [6.45, 7) is 2.90. The fourth-order valence-corrected chi connectivity index (χ4v) is 2.04. The lowest BCUT2D eigenvalue weighted by Crippen LogP contribution is -2.41. The molecule has 0 saturated carbocycles. The number of hydrogen-bond acceptors (Lipinski definition) is 4. The molecule has 0 aromatic carbocycles. The molecule has 1 aliphatic rings. The maximum atomic E-state index is 11.6. The first kappa shape index (κ1) is 14.0. The van der Waals surface area contributed by atoms with Crippen LogP contribution in [-0.2, 0) is 14.3 Å². The molecular weight excluding hydrogens is 220 g/mol. The highest BCUT2D eigenvalue weighted by atomic mass is 16.5. The van der Waals surface area contributed by atoms with E-state index in [0.717, 1.165) is 19.4 Å². The van der Waals surface area contributed by atoms with E-state index in [1.165, 1.54) is 13.5 Å². The number of amides is 1. The summed E-state index contributed by atoms with van der Waals surface area (Å²) in [6, 6.07) is -0.0528. The zero-order chi connectivity index (χ0) is 12.7. The molecule has 1 fully saturated rings. The average Bonchev–Trinajstić information content (AvgIpc) is 2.85. The zero-order valence-corrected chi connectivity index (χ0v) is 10.6. The van der Waals surface area contributed by atoms with Crippen LogP contribution in [0.15, 0.2) is 0 Å². The number of hydrogen-bond donors (Lipinski definition) is 2. The number of carbonyl (C=O) groups excluding carboxylic acids is 2. The van der Waals surface area contributed by atoms with Gasteiger partial charge in [-0.3, -0.25) is 4.79 Å². The van der Waals surface area contributed by atoms with E-state index >= 15 is 0 Å². The summed E-state index contributed by atoms with van der Waals surface area (Å²) in [4.78, 5) is 22.9. The summed E-state index contributed by atoms with van der Waals surface area (Å²) in [5.74, 6) is -0.448. The molecule has 0 bridgehead atoms. The normalized spacial score (nSPS) is 20.9. The molecule has 0 spiro atoms. The van der Waals surface area contributed by atoms with E-state index in [1.54, 1.807) is 0 Å². The number of carbonyl (C=O) groups is 2. The minimum atomic E-state index is -0.510. The number of methoxy groups -OCH3 is 1. The van der Waals surface area contributed by atoms with Crippen LogP contribution in [0.5, 0.6) is 0 Å². The molecule has 1 rings (SSSR count). The van der Waals surface area contributed by atoms with Gasteiger partial charge in [-0.15, -0.1) is 0 Å². The van der Waals surface area contributed by atoms with E-state index in [4.69, 9.17) is 0 Å². The first-order valence-corrected chi connectivity index (χ1v) is 6.28. The van der Waals surface area contributed by atoms with Gasteiger partial charge in [-0.05, 0) is 32.2 Å². The number of ether oxygens (including phenoxy) is 1. The Balaban J connectivity index is 2.24. The van der Waals surface area contributed by atoms with Crippen LogP contribution in [0.25, 0.3) is 0 Å². The largest absolute Gasteiger partial charge is 0.467 e. The van der Waals surface area contributed by atoms with Gasteiger partial charge in [-0.25, -0.2) is 4.79 Å². The third-order valence-electron chi connectivity index (χ3n) is 3.11. The smallest absolute Gasteiger partial charge is 0.328 e. The first-order valence-electron chi connectivity index (χ1n) is 6.28. The zero-order valence-electron chi connectivity index (χ0n) is 10.6. The van der Waals surface area contributed by atoms with E-state index in [1.807, 2.05) is 6.92 Å². The molecule has 5 heteroatoms. The van der Waals surface area contributed by atoms with Gasteiger partial charge >= 0.3 is 5.97 Å². The molecule has 17 heavy (non-hydrogen) atoms. The Morgan fingerprint density at radius 3 is 2.82 bits per heavy atom. The monoisotopic (exact) mass is 242 g/mol. The second kappa shape index (κ2) is 7.27. The van der Waals surface area contributed by atoms with Crippen molar-refractivity contribution in [2.24, 2.45) is 0 Å². The summed E-state index contributed by atoms with van der Waals surface area (Å²) >= 11 is 0. The van der Waals surface area contributed by atoms with Gasteiger partial charge in [-0.1, -0.05) is 6.92 Å². The molecule has 0 radical (unpaired) electrons. The number of esters is 1. The standard InChI is InChI=1S/C12H22N2O3/c1-3-10(12(16)17-2)14-11(15)7-6-9-5-4-8-13-9/h9-10,13H,3-8H2,1-2H3,(H,14,15). The molecule has 2 unspecified atom stereocenters. The predicted octanol–water partition coefficient (Wildman–Crippen LogP) is 0.586. The van der Waals surface area contributed by atoms with Crippen LogP contribution in [0.2, 0.25) is 0 Å². The highest BCUT2D eigenvalue weighted by Gasteiger charge is 2.20. The SMILES string of the molecule is CCC(NC(=O)CCC1CCCN1)C(=O)OC. The Morgan fingerprint density at radius 1 is 1.53 bits per heavy atom. The lowest BCUT2D eigenvalue weighted by molar-refractivity contribution is -0.145.